The predicted molar refractivity (Wildman–Crippen MR) is 137 cm³/mol. The number of hydrogen-bond donors (Lipinski definition) is 2. The maximum atomic E-state index is 6.31. The fraction of sp³-hybridized carbons (Fsp3) is 0.696. The molecule has 0 atom stereocenters. The summed E-state index contributed by atoms with van der Waals surface area (Å²) in [6.07, 6.45) is 5.55. The molecular weight excluding hydrogens is 511 g/mol. The minimum atomic E-state index is -0.00398. The maximum absolute atomic E-state index is 6.31. The molecule has 0 radical (unpaired) electrons. The number of nitrogens with zero attached hydrogens (tertiary/aromatic N) is 2. The van der Waals surface area contributed by atoms with E-state index in [2.05, 4.69) is 41.5 Å². The summed E-state index contributed by atoms with van der Waals surface area (Å²) in [6, 6.07) is 8.78. The van der Waals surface area contributed by atoms with Crippen LogP contribution < -0.4 is 10.6 Å². The van der Waals surface area contributed by atoms with Gasteiger partial charge in [-0.05, 0) is 63.3 Å². The van der Waals surface area contributed by atoms with Gasteiger partial charge in [-0.2, -0.15) is 0 Å². The van der Waals surface area contributed by atoms with Gasteiger partial charge in [-0.25, -0.2) is 0 Å². The molecule has 170 valence electrons. The van der Waals surface area contributed by atoms with Crippen molar-refractivity contribution in [3.05, 3.63) is 34.9 Å². The van der Waals surface area contributed by atoms with Gasteiger partial charge >= 0.3 is 0 Å². The molecule has 2 heterocycles. The average molecular weight is 549 g/mol. The third-order valence-corrected chi connectivity index (χ3v) is 6.47. The molecule has 3 rings (SSSR count). The zero-order chi connectivity index (χ0) is 20.5. The van der Waals surface area contributed by atoms with Crippen LogP contribution in [0.2, 0.25) is 5.02 Å². The summed E-state index contributed by atoms with van der Waals surface area (Å²) in [5.41, 5.74) is 1.27. The van der Waals surface area contributed by atoms with Crippen molar-refractivity contribution in [2.75, 3.05) is 45.9 Å². The van der Waals surface area contributed by atoms with Crippen molar-refractivity contribution in [3.63, 3.8) is 0 Å². The fourth-order valence-electron chi connectivity index (χ4n) is 4.48. The monoisotopic (exact) mass is 548 g/mol. The molecule has 0 bridgehead atoms. The molecule has 1 aromatic rings. The van der Waals surface area contributed by atoms with Crippen molar-refractivity contribution in [1.29, 1.82) is 0 Å². The van der Waals surface area contributed by atoms with Crippen molar-refractivity contribution in [1.82, 2.24) is 15.5 Å². The number of hydrogen-bond acceptors (Lipinski definition) is 3. The van der Waals surface area contributed by atoms with Crippen LogP contribution in [0, 0.1) is 0 Å². The van der Waals surface area contributed by atoms with Gasteiger partial charge in [-0.1, -0.05) is 30.7 Å². The Kier molecular flexibility index (Phi) is 11.2. The number of benzene rings is 1. The molecule has 0 unspecified atom stereocenters. The number of halogens is 2. The maximum Gasteiger partial charge on any atom is 0.191 e. The van der Waals surface area contributed by atoms with Gasteiger partial charge < -0.3 is 20.3 Å². The summed E-state index contributed by atoms with van der Waals surface area (Å²) in [4.78, 5) is 7.61. The molecule has 30 heavy (non-hydrogen) atoms. The van der Waals surface area contributed by atoms with E-state index in [0.717, 1.165) is 50.1 Å². The van der Waals surface area contributed by atoms with E-state index in [0.29, 0.717) is 6.04 Å². The van der Waals surface area contributed by atoms with Gasteiger partial charge in [-0.3, -0.25) is 4.99 Å². The number of nitrogens with one attached hydrogen (secondary N) is 2. The number of aliphatic imine (C=N–C) groups is 1. The van der Waals surface area contributed by atoms with Gasteiger partial charge in [0.1, 0.15) is 0 Å². The van der Waals surface area contributed by atoms with E-state index in [9.17, 15) is 0 Å². The summed E-state index contributed by atoms with van der Waals surface area (Å²) in [5.74, 6) is 0.939. The van der Waals surface area contributed by atoms with Crippen molar-refractivity contribution >= 4 is 41.5 Å². The van der Waals surface area contributed by atoms with E-state index in [1.54, 1.807) is 0 Å². The first kappa shape index (κ1) is 25.7. The van der Waals surface area contributed by atoms with Crippen molar-refractivity contribution in [2.24, 2.45) is 4.99 Å². The van der Waals surface area contributed by atoms with E-state index in [4.69, 9.17) is 21.3 Å². The van der Waals surface area contributed by atoms with Crippen molar-refractivity contribution in [3.8, 4) is 0 Å². The fourth-order valence-corrected chi connectivity index (χ4v) is 4.67. The zero-order valence-corrected chi connectivity index (χ0v) is 21.5. The van der Waals surface area contributed by atoms with Crippen LogP contribution in [-0.2, 0) is 10.2 Å². The highest BCUT2D eigenvalue weighted by molar-refractivity contribution is 14.0. The second-order valence-corrected chi connectivity index (χ2v) is 8.79. The smallest absolute Gasteiger partial charge is 0.191 e. The lowest BCUT2D eigenvalue weighted by molar-refractivity contribution is 0.0531. The first-order valence-electron chi connectivity index (χ1n) is 11.3. The molecule has 7 heteroatoms. The Balaban J connectivity index is 0.00000320. The normalized spacial score (nSPS) is 20.4. The first-order valence-corrected chi connectivity index (χ1v) is 11.6. The molecule has 2 aliphatic rings. The lowest BCUT2D eigenvalue weighted by atomic mass is 9.74. The summed E-state index contributed by atoms with van der Waals surface area (Å²) in [7, 11) is 0. The highest BCUT2D eigenvalue weighted by atomic mass is 127. The van der Waals surface area contributed by atoms with E-state index in [1.807, 2.05) is 12.1 Å². The predicted octanol–water partition coefficient (Wildman–Crippen LogP) is 4.44. The number of rotatable bonds is 7. The molecule has 5 nitrogen and oxygen atoms in total. The van der Waals surface area contributed by atoms with Crippen LogP contribution in [0.25, 0.3) is 0 Å². The first-order chi connectivity index (χ1) is 14.1. The Morgan fingerprint density at radius 3 is 2.60 bits per heavy atom. The standard InChI is InChI=1S/C23H37ClN4O.HI/c1-3-12-28-13-8-21(9-14-28)27-22(25-4-2)26-18-23(10-15-29-16-11-23)19-6-5-7-20(24)17-19;/h5-7,17,21H,3-4,8-16,18H2,1-2H3,(H2,25,26,27);1H. The minimum Gasteiger partial charge on any atom is -0.381 e. The molecule has 2 N–H and O–H groups in total. The van der Waals surface area contributed by atoms with Gasteiger partial charge in [0.15, 0.2) is 5.96 Å². The number of ether oxygens (including phenoxy) is 1. The van der Waals surface area contributed by atoms with Gasteiger partial charge in [0.2, 0.25) is 0 Å². The van der Waals surface area contributed by atoms with E-state index < -0.39 is 0 Å². The lowest BCUT2D eigenvalue weighted by Gasteiger charge is -2.37. The second-order valence-electron chi connectivity index (χ2n) is 8.36. The van der Waals surface area contributed by atoms with Crippen LogP contribution >= 0.6 is 35.6 Å². The van der Waals surface area contributed by atoms with Crippen LogP contribution in [0.15, 0.2) is 29.3 Å². The van der Waals surface area contributed by atoms with Crippen LogP contribution in [0.1, 0.15) is 51.5 Å². The number of piperidine rings is 1. The molecule has 2 saturated heterocycles. The second kappa shape index (κ2) is 13.1. The summed E-state index contributed by atoms with van der Waals surface area (Å²) in [6.45, 7) is 11.1. The van der Waals surface area contributed by atoms with Gasteiger partial charge in [0, 0.05) is 49.3 Å². The molecular formula is C23H38ClIN4O. The number of likely N-dealkylation sites (tertiary alicyclic amines) is 1. The molecule has 2 aliphatic heterocycles. The van der Waals surface area contributed by atoms with Crippen LogP contribution in [-0.4, -0.2) is 62.8 Å². The largest absolute Gasteiger partial charge is 0.381 e. The molecule has 1 aromatic carbocycles. The Hall–Kier alpha value is -0.570. The van der Waals surface area contributed by atoms with Crippen molar-refractivity contribution in [2.45, 2.75) is 57.4 Å². The van der Waals surface area contributed by atoms with Gasteiger partial charge in [-0.15, -0.1) is 24.0 Å². The van der Waals surface area contributed by atoms with Crippen LogP contribution in [0.5, 0.6) is 0 Å². The van der Waals surface area contributed by atoms with E-state index in [1.165, 1.54) is 44.5 Å². The Bertz CT molecular complexity index is 658. The third-order valence-electron chi connectivity index (χ3n) is 6.24. The Morgan fingerprint density at radius 2 is 1.97 bits per heavy atom. The SMILES string of the molecule is CCCN1CCC(NC(=NCC2(c3cccc(Cl)c3)CCOCC2)NCC)CC1.I. The summed E-state index contributed by atoms with van der Waals surface area (Å²) in [5, 5.41) is 7.94. The highest BCUT2D eigenvalue weighted by Gasteiger charge is 2.34. The molecule has 0 saturated carbocycles. The van der Waals surface area contributed by atoms with Crippen molar-refractivity contribution < 1.29 is 4.74 Å². The molecule has 0 spiro atoms. The molecule has 2 fully saturated rings. The topological polar surface area (TPSA) is 48.9 Å². The average Bonchev–Trinajstić information content (AvgIpc) is 2.74. The van der Waals surface area contributed by atoms with Crippen LogP contribution in [0.3, 0.4) is 0 Å². The number of guanidine groups is 1. The van der Waals surface area contributed by atoms with Gasteiger partial charge in [0.25, 0.3) is 0 Å². The highest BCUT2D eigenvalue weighted by Crippen LogP contribution is 2.36. The molecule has 0 amide bonds. The van der Waals surface area contributed by atoms with E-state index >= 15 is 0 Å². The quantitative estimate of drug-likeness (QED) is 0.301. The molecule has 0 aromatic heterocycles. The third kappa shape index (κ3) is 7.24. The Morgan fingerprint density at radius 1 is 1.23 bits per heavy atom. The summed E-state index contributed by atoms with van der Waals surface area (Å²) < 4.78 is 5.66. The van der Waals surface area contributed by atoms with Crippen LogP contribution in [0.4, 0.5) is 0 Å². The minimum absolute atomic E-state index is 0. The molecule has 0 aliphatic carbocycles. The zero-order valence-electron chi connectivity index (χ0n) is 18.5. The Labute approximate surface area is 204 Å². The van der Waals surface area contributed by atoms with Gasteiger partial charge in [0.05, 0.1) is 6.54 Å². The lowest BCUT2D eigenvalue weighted by Crippen LogP contribution is -2.49. The van der Waals surface area contributed by atoms with E-state index in [-0.39, 0.29) is 29.4 Å². The summed E-state index contributed by atoms with van der Waals surface area (Å²) >= 11 is 6.31.